The Labute approximate surface area is 186 Å². The quantitative estimate of drug-likeness (QED) is 0.566. The number of aryl methyl sites for hydroxylation is 1. The molecule has 0 spiro atoms. The Morgan fingerprint density at radius 3 is 2.52 bits per heavy atom. The molecule has 6 heteroatoms. The third kappa shape index (κ3) is 5.39. The number of carbonyl (C=O) groups is 2. The van der Waals surface area contributed by atoms with Crippen LogP contribution in [0.3, 0.4) is 0 Å². The maximum absolute atomic E-state index is 13.1. The lowest BCUT2D eigenvalue weighted by atomic mass is 9.95. The molecule has 2 amide bonds. The van der Waals surface area contributed by atoms with Gasteiger partial charge >= 0.3 is 0 Å². The molecular formula is C25H36N4O2. The van der Waals surface area contributed by atoms with Gasteiger partial charge in [-0.15, -0.1) is 0 Å². The molecule has 1 unspecified atom stereocenters. The highest BCUT2D eigenvalue weighted by Gasteiger charge is 2.28. The van der Waals surface area contributed by atoms with Crippen molar-refractivity contribution >= 4 is 17.9 Å². The molecule has 2 heterocycles. The Morgan fingerprint density at radius 2 is 1.87 bits per heavy atom. The van der Waals surface area contributed by atoms with E-state index < -0.39 is 0 Å². The number of aromatic nitrogens is 1. The van der Waals surface area contributed by atoms with Gasteiger partial charge in [0, 0.05) is 42.5 Å². The van der Waals surface area contributed by atoms with Crippen LogP contribution in [0.5, 0.6) is 0 Å². The fourth-order valence-corrected chi connectivity index (χ4v) is 4.96. The molecule has 31 heavy (non-hydrogen) atoms. The standard InChI is InChI=1S/C25H36N4O2/c1-17(2)24(30)27-22-9-8-12-28(16-22)25(31)21(15-26)14-20-13-18(3)29(19(20)4)23-10-6-5-7-11-23/h13-14,17,22-23H,5-12,16H2,1-4H3,(H,27,30)/b21-14+. The summed E-state index contributed by atoms with van der Waals surface area (Å²) in [5, 5.41) is 12.8. The lowest BCUT2D eigenvalue weighted by Crippen LogP contribution is -2.50. The maximum atomic E-state index is 13.1. The smallest absolute Gasteiger partial charge is 0.264 e. The second-order valence-corrected chi connectivity index (χ2v) is 9.41. The van der Waals surface area contributed by atoms with Crippen LogP contribution in [0.25, 0.3) is 6.08 Å². The van der Waals surface area contributed by atoms with Crippen LogP contribution in [0.2, 0.25) is 0 Å². The monoisotopic (exact) mass is 424 g/mol. The highest BCUT2D eigenvalue weighted by molar-refractivity contribution is 6.02. The van der Waals surface area contributed by atoms with Gasteiger partial charge in [-0.3, -0.25) is 9.59 Å². The van der Waals surface area contributed by atoms with Crippen LogP contribution in [-0.2, 0) is 9.59 Å². The van der Waals surface area contributed by atoms with E-state index in [2.05, 4.69) is 35.9 Å². The van der Waals surface area contributed by atoms with E-state index in [1.54, 1.807) is 11.0 Å². The average molecular weight is 425 g/mol. The average Bonchev–Trinajstić information content (AvgIpc) is 3.05. The van der Waals surface area contributed by atoms with Gasteiger partial charge in [0.05, 0.1) is 0 Å². The number of hydrogen-bond acceptors (Lipinski definition) is 3. The third-order valence-electron chi connectivity index (χ3n) is 6.69. The number of nitrogens with zero attached hydrogens (tertiary/aromatic N) is 3. The van der Waals surface area contributed by atoms with Crippen molar-refractivity contribution in [2.75, 3.05) is 13.1 Å². The zero-order valence-electron chi connectivity index (χ0n) is 19.4. The molecule has 1 saturated carbocycles. The molecular weight excluding hydrogens is 388 g/mol. The number of carbonyl (C=O) groups excluding carboxylic acids is 2. The summed E-state index contributed by atoms with van der Waals surface area (Å²) in [6.07, 6.45) is 9.66. The summed E-state index contributed by atoms with van der Waals surface area (Å²) < 4.78 is 2.39. The fourth-order valence-electron chi connectivity index (χ4n) is 4.96. The van der Waals surface area contributed by atoms with E-state index >= 15 is 0 Å². The first-order valence-electron chi connectivity index (χ1n) is 11.7. The molecule has 2 fully saturated rings. The zero-order chi connectivity index (χ0) is 22.5. The van der Waals surface area contributed by atoms with E-state index in [0.717, 1.165) is 24.1 Å². The van der Waals surface area contributed by atoms with Crippen molar-refractivity contribution in [2.24, 2.45) is 5.92 Å². The van der Waals surface area contributed by atoms with E-state index in [1.807, 2.05) is 13.8 Å². The van der Waals surface area contributed by atoms with Crippen LogP contribution in [0.1, 0.15) is 81.8 Å². The molecule has 1 aliphatic carbocycles. The first-order valence-corrected chi connectivity index (χ1v) is 11.7. The molecule has 0 bridgehead atoms. The van der Waals surface area contributed by atoms with Crippen LogP contribution in [0.4, 0.5) is 0 Å². The van der Waals surface area contributed by atoms with Gasteiger partial charge in [0.15, 0.2) is 0 Å². The van der Waals surface area contributed by atoms with Gasteiger partial charge in [0.1, 0.15) is 11.6 Å². The Kier molecular flexibility index (Phi) is 7.59. The first kappa shape index (κ1) is 23.1. The predicted octanol–water partition coefficient (Wildman–Crippen LogP) is 4.28. The summed E-state index contributed by atoms with van der Waals surface area (Å²) in [5.41, 5.74) is 3.44. The van der Waals surface area contributed by atoms with Crippen LogP contribution in [0, 0.1) is 31.1 Å². The van der Waals surface area contributed by atoms with Crippen molar-refractivity contribution in [3.8, 4) is 6.07 Å². The summed E-state index contributed by atoms with van der Waals surface area (Å²) in [5.74, 6) is -0.320. The Bertz CT molecular complexity index is 884. The van der Waals surface area contributed by atoms with Gasteiger partial charge in [0.2, 0.25) is 5.91 Å². The molecule has 3 rings (SSSR count). The molecule has 0 aromatic carbocycles. The molecule has 1 aromatic rings. The lowest BCUT2D eigenvalue weighted by Gasteiger charge is -2.33. The normalized spacial score (nSPS) is 20.6. The molecule has 168 valence electrons. The first-order chi connectivity index (χ1) is 14.8. The number of nitrogens with one attached hydrogen (secondary N) is 1. The Hall–Kier alpha value is -2.55. The van der Waals surface area contributed by atoms with Crippen molar-refractivity contribution in [1.29, 1.82) is 5.26 Å². The minimum atomic E-state index is -0.242. The number of piperidine rings is 1. The van der Waals surface area contributed by atoms with Crippen LogP contribution in [-0.4, -0.2) is 40.4 Å². The minimum Gasteiger partial charge on any atom is -0.351 e. The molecule has 1 aliphatic heterocycles. The number of nitriles is 1. The van der Waals surface area contributed by atoms with E-state index in [4.69, 9.17) is 0 Å². The molecule has 6 nitrogen and oxygen atoms in total. The Morgan fingerprint density at radius 1 is 1.16 bits per heavy atom. The van der Waals surface area contributed by atoms with Gasteiger partial charge in [0.25, 0.3) is 5.91 Å². The minimum absolute atomic E-state index is 0.00509. The molecule has 2 aliphatic rings. The predicted molar refractivity (Wildman–Crippen MR) is 122 cm³/mol. The largest absolute Gasteiger partial charge is 0.351 e. The molecule has 0 radical (unpaired) electrons. The van der Waals surface area contributed by atoms with Crippen LogP contribution < -0.4 is 5.32 Å². The number of rotatable bonds is 5. The van der Waals surface area contributed by atoms with E-state index in [0.29, 0.717) is 19.1 Å². The summed E-state index contributed by atoms with van der Waals surface area (Å²) in [6.45, 7) is 9.00. The van der Waals surface area contributed by atoms with Gasteiger partial charge in [-0.2, -0.15) is 5.26 Å². The lowest BCUT2D eigenvalue weighted by molar-refractivity contribution is -0.130. The second kappa shape index (κ2) is 10.2. The summed E-state index contributed by atoms with van der Waals surface area (Å²) in [6, 6.07) is 4.69. The summed E-state index contributed by atoms with van der Waals surface area (Å²) in [4.78, 5) is 26.9. The van der Waals surface area contributed by atoms with Crippen molar-refractivity contribution in [1.82, 2.24) is 14.8 Å². The van der Waals surface area contributed by atoms with Crippen LogP contribution in [0.15, 0.2) is 11.6 Å². The van der Waals surface area contributed by atoms with Gasteiger partial charge in [-0.25, -0.2) is 0 Å². The topological polar surface area (TPSA) is 78.1 Å². The molecule has 1 atom stereocenters. The van der Waals surface area contributed by atoms with Gasteiger partial charge in [-0.1, -0.05) is 33.1 Å². The number of amides is 2. The summed E-state index contributed by atoms with van der Waals surface area (Å²) in [7, 11) is 0. The van der Waals surface area contributed by atoms with E-state index in [1.165, 1.54) is 37.8 Å². The van der Waals surface area contributed by atoms with Gasteiger partial charge < -0.3 is 14.8 Å². The molecule has 1 N–H and O–H groups in total. The maximum Gasteiger partial charge on any atom is 0.264 e. The highest BCUT2D eigenvalue weighted by atomic mass is 16.2. The van der Waals surface area contributed by atoms with E-state index in [-0.39, 0.29) is 29.3 Å². The molecule has 1 aromatic heterocycles. The van der Waals surface area contributed by atoms with Gasteiger partial charge in [-0.05, 0) is 57.2 Å². The number of likely N-dealkylation sites (tertiary alicyclic amines) is 1. The van der Waals surface area contributed by atoms with Crippen LogP contribution >= 0.6 is 0 Å². The second-order valence-electron chi connectivity index (χ2n) is 9.41. The number of hydrogen-bond donors (Lipinski definition) is 1. The third-order valence-corrected chi connectivity index (χ3v) is 6.69. The summed E-state index contributed by atoms with van der Waals surface area (Å²) >= 11 is 0. The van der Waals surface area contributed by atoms with Crippen molar-refractivity contribution in [3.63, 3.8) is 0 Å². The fraction of sp³-hybridized carbons (Fsp3) is 0.640. The SMILES string of the molecule is Cc1cc(/C=C(\C#N)C(=O)N2CCCC(NC(=O)C(C)C)C2)c(C)n1C1CCCCC1. The van der Waals surface area contributed by atoms with Crippen molar-refractivity contribution < 1.29 is 9.59 Å². The van der Waals surface area contributed by atoms with E-state index in [9.17, 15) is 14.9 Å². The Balaban J connectivity index is 1.76. The zero-order valence-corrected chi connectivity index (χ0v) is 19.4. The van der Waals surface area contributed by atoms with Crippen molar-refractivity contribution in [2.45, 2.75) is 84.7 Å². The highest BCUT2D eigenvalue weighted by Crippen LogP contribution is 2.32. The molecule has 1 saturated heterocycles. The van der Waals surface area contributed by atoms with Crippen molar-refractivity contribution in [3.05, 3.63) is 28.6 Å².